The summed E-state index contributed by atoms with van der Waals surface area (Å²) >= 11 is 7.17. The molecule has 2 N–H and O–H groups in total. The van der Waals surface area contributed by atoms with Crippen molar-refractivity contribution >= 4 is 40.6 Å². The van der Waals surface area contributed by atoms with E-state index in [1.165, 1.54) is 18.2 Å². The summed E-state index contributed by atoms with van der Waals surface area (Å²) in [5.41, 5.74) is 0.813. The normalized spacial score (nSPS) is 11.6. The van der Waals surface area contributed by atoms with Gasteiger partial charge in [0.1, 0.15) is 11.5 Å². The molecule has 0 saturated heterocycles. The number of carbonyl (C=O) groups excluding carboxylic acids is 1. The Labute approximate surface area is 186 Å². The van der Waals surface area contributed by atoms with Crippen molar-refractivity contribution in [2.75, 3.05) is 19.5 Å². The molecule has 0 aliphatic rings. The SMILES string of the molecule is COc1ccc(-c2nc(SC(C)C(=O)Nc3ccc([N+](=O)[O-])cc3Cl)n[nH]2)c(OC)c1. The number of aromatic nitrogens is 3. The number of hydrogen-bond donors (Lipinski definition) is 2. The predicted octanol–water partition coefficient (Wildman–Crippen LogP) is 4.17. The van der Waals surface area contributed by atoms with E-state index < -0.39 is 10.2 Å². The number of nitrogens with zero attached hydrogens (tertiary/aromatic N) is 3. The minimum atomic E-state index is -0.562. The molecule has 1 atom stereocenters. The predicted molar refractivity (Wildman–Crippen MR) is 117 cm³/mol. The maximum absolute atomic E-state index is 12.5. The molecule has 0 saturated carbocycles. The molecule has 1 unspecified atom stereocenters. The average molecular weight is 464 g/mol. The van der Waals surface area contributed by atoms with Gasteiger partial charge >= 0.3 is 0 Å². The number of aromatic amines is 1. The monoisotopic (exact) mass is 463 g/mol. The molecule has 2 aromatic carbocycles. The first kappa shape index (κ1) is 22.4. The highest BCUT2D eigenvalue weighted by molar-refractivity contribution is 8.00. The minimum absolute atomic E-state index is 0.0755. The second-order valence-corrected chi connectivity index (χ2v) is 7.92. The van der Waals surface area contributed by atoms with E-state index in [2.05, 4.69) is 20.5 Å². The van der Waals surface area contributed by atoms with Crippen molar-refractivity contribution in [3.63, 3.8) is 0 Å². The number of hydrogen-bond acceptors (Lipinski definition) is 8. The maximum Gasteiger partial charge on any atom is 0.271 e. The molecule has 10 nitrogen and oxygen atoms in total. The largest absolute Gasteiger partial charge is 0.497 e. The van der Waals surface area contributed by atoms with Crippen LogP contribution in [-0.4, -0.2) is 45.5 Å². The third-order valence-corrected chi connectivity index (χ3v) is 5.48. The van der Waals surface area contributed by atoms with E-state index in [9.17, 15) is 14.9 Å². The van der Waals surface area contributed by atoms with E-state index >= 15 is 0 Å². The summed E-state index contributed by atoms with van der Waals surface area (Å²) in [6.07, 6.45) is 0. The molecule has 31 heavy (non-hydrogen) atoms. The highest BCUT2D eigenvalue weighted by Gasteiger charge is 2.20. The number of carbonyl (C=O) groups is 1. The summed E-state index contributed by atoms with van der Waals surface area (Å²) in [6.45, 7) is 1.68. The molecule has 0 radical (unpaired) electrons. The van der Waals surface area contributed by atoms with Crippen LogP contribution in [0.2, 0.25) is 5.02 Å². The van der Waals surface area contributed by atoms with Crippen LogP contribution in [0.5, 0.6) is 11.5 Å². The number of nitrogens with one attached hydrogen (secondary N) is 2. The molecule has 3 rings (SSSR count). The van der Waals surface area contributed by atoms with Gasteiger partial charge < -0.3 is 14.8 Å². The number of halogens is 1. The van der Waals surface area contributed by atoms with Crippen LogP contribution >= 0.6 is 23.4 Å². The number of non-ortho nitro benzene ring substituents is 1. The molecule has 0 aliphatic carbocycles. The number of thioether (sulfide) groups is 1. The molecule has 1 aromatic heterocycles. The number of anilines is 1. The summed E-state index contributed by atoms with van der Waals surface area (Å²) in [5, 5.41) is 20.3. The first-order chi connectivity index (χ1) is 14.8. The summed E-state index contributed by atoms with van der Waals surface area (Å²) in [7, 11) is 3.11. The third kappa shape index (κ3) is 5.25. The van der Waals surface area contributed by atoms with E-state index in [-0.39, 0.29) is 22.3 Å². The average Bonchev–Trinajstić information content (AvgIpc) is 3.22. The Balaban J connectivity index is 1.69. The van der Waals surface area contributed by atoms with Gasteiger partial charge in [0.15, 0.2) is 5.82 Å². The van der Waals surface area contributed by atoms with Gasteiger partial charge in [-0.25, -0.2) is 4.98 Å². The number of ether oxygens (including phenoxy) is 2. The lowest BCUT2D eigenvalue weighted by Crippen LogP contribution is -2.22. The van der Waals surface area contributed by atoms with Crippen LogP contribution < -0.4 is 14.8 Å². The number of benzene rings is 2. The zero-order chi connectivity index (χ0) is 22.5. The lowest BCUT2D eigenvalue weighted by molar-refractivity contribution is -0.384. The molecular formula is C19H18ClN5O5S. The van der Waals surface area contributed by atoms with Crippen molar-refractivity contribution in [3.05, 3.63) is 51.5 Å². The fourth-order valence-electron chi connectivity index (χ4n) is 2.58. The lowest BCUT2D eigenvalue weighted by Gasteiger charge is -2.11. The standard InChI is InChI=1S/C19H18ClN5O5S/c1-10(18(26)21-15-7-4-11(25(27)28)8-14(15)20)31-19-22-17(23-24-19)13-6-5-12(29-2)9-16(13)30-3/h4-10H,1-3H3,(H,21,26)(H,22,23,24). The van der Waals surface area contributed by atoms with Crippen LogP contribution in [0, 0.1) is 10.1 Å². The zero-order valence-corrected chi connectivity index (χ0v) is 18.3. The summed E-state index contributed by atoms with van der Waals surface area (Å²) in [6, 6.07) is 9.13. The van der Waals surface area contributed by atoms with Crippen LogP contribution in [0.15, 0.2) is 41.6 Å². The molecule has 162 valence electrons. The van der Waals surface area contributed by atoms with Crippen LogP contribution in [0.25, 0.3) is 11.4 Å². The molecule has 0 bridgehead atoms. The second-order valence-electron chi connectivity index (χ2n) is 6.20. The van der Waals surface area contributed by atoms with Gasteiger partial charge in [-0.3, -0.25) is 20.0 Å². The summed E-state index contributed by atoms with van der Waals surface area (Å²) in [4.78, 5) is 27.2. The minimum Gasteiger partial charge on any atom is -0.497 e. The van der Waals surface area contributed by atoms with Gasteiger partial charge in [-0.2, -0.15) is 0 Å². The van der Waals surface area contributed by atoms with E-state index in [1.807, 2.05) is 0 Å². The number of rotatable bonds is 8. The second kappa shape index (κ2) is 9.67. The Morgan fingerprint density at radius 2 is 2.03 bits per heavy atom. The van der Waals surface area contributed by atoms with E-state index in [0.717, 1.165) is 11.8 Å². The third-order valence-electron chi connectivity index (χ3n) is 4.20. The van der Waals surface area contributed by atoms with Crippen LogP contribution in [0.4, 0.5) is 11.4 Å². The Kier molecular flexibility index (Phi) is 6.98. The highest BCUT2D eigenvalue weighted by Crippen LogP contribution is 2.33. The number of nitro benzene ring substituents is 1. The quantitative estimate of drug-likeness (QED) is 0.289. The molecular weight excluding hydrogens is 446 g/mol. The number of methoxy groups -OCH3 is 2. The van der Waals surface area contributed by atoms with Gasteiger partial charge in [0.05, 0.1) is 40.7 Å². The van der Waals surface area contributed by atoms with Gasteiger partial charge in [-0.05, 0) is 25.1 Å². The molecule has 1 amide bonds. The van der Waals surface area contributed by atoms with Gasteiger partial charge in [0, 0.05) is 18.2 Å². The van der Waals surface area contributed by atoms with Crippen molar-refractivity contribution in [3.8, 4) is 22.9 Å². The number of amides is 1. The molecule has 3 aromatic rings. The van der Waals surface area contributed by atoms with Crippen molar-refractivity contribution < 1.29 is 19.2 Å². The summed E-state index contributed by atoms with van der Waals surface area (Å²) < 4.78 is 10.6. The van der Waals surface area contributed by atoms with Crippen molar-refractivity contribution in [1.29, 1.82) is 0 Å². The number of nitro groups is 1. The topological polar surface area (TPSA) is 132 Å². The first-order valence-electron chi connectivity index (χ1n) is 8.88. The van der Waals surface area contributed by atoms with Crippen molar-refractivity contribution in [2.24, 2.45) is 0 Å². The zero-order valence-electron chi connectivity index (χ0n) is 16.7. The molecule has 1 heterocycles. The van der Waals surface area contributed by atoms with Crippen LogP contribution in [0.3, 0.4) is 0 Å². The Bertz CT molecular complexity index is 1120. The molecule has 0 aliphatic heterocycles. The Hall–Kier alpha value is -3.31. The van der Waals surface area contributed by atoms with Crippen molar-refractivity contribution in [2.45, 2.75) is 17.3 Å². The fourth-order valence-corrected chi connectivity index (χ4v) is 3.53. The first-order valence-corrected chi connectivity index (χ1v) is 10.1. The number of H-pyrrole nitrogens is 1. The van der Waals surface area contributed by atoms with Gasteiger partial charge in [0.2, 0.25) is 11.1 Å². The highest BCUT2D eigenvalue weighted by atomic mass is 35.5. The van der Waals surface area contributed by atoms with Crippen LogP contribution in [0.1, 0.15) is 6.92 Å². The Morgan fingerprint density at radius 3 is 2.68 bits per heavy atom. The lowest BCUT2D eigenvalue weighted by atomic mass is 10.2. The van der Waals surface area contributed by atoms with Gasteiger partial charge in [0.25, 0.3) is 5.69 Å². The molecule has 12 heteroatoms. The fraction of sp³-hybridized carbons (Fsp3) is 0.211. The van der Waals surface area contributed by atoms with Crippen LogP contribution in [-0.2, 0) is 4.79 Å². The van der Waals surface area contributed by atoms with E-state index in [1.54, 1.807) is 39.3 Å². The summed E-state index contributed by atoms with van der Waals surface area (Å²) in [5.74, 6) is 1.33. The van der Waals surface area contributed by atoms with Gasteiger partial charge in [-0.15, -0.1) is 5.10 Å². The molecule has 0 spiro atoms. The smallest absolute Gasteiger partial charge is 0.271 e. The Morgan fingerprint density at radius 1 is 1.26 bits per heavy atom. The van der Waals surface area contributed by atoms with E-state index in [4.69, 9.17) is 21.1 Å². The van der Waals surface area contributed by atoms with Crippen molar-refractivity contribution in [1.82, 2.24) is 15.2 Å². The van der Waals surface area contributed by atoms with Gasteiger partial charge in [-0.1, -0.05) is 23.4 Å². The molecule has 0 fully saturated rings. The maximum atomic E-state index is 12.5. The van der Waals surface area contributed by atoms with E-state index in [0.29, 0.717) is 28.0 Å².